The van der Waals surface area contributed by atoms with E-state index < -0.39 is 0 Å². The molecule has 7 heteroatoms. The highest BCUT2D eigenvalue weighted by atomic mass is 16.5. The largest absolute Gasteiger partial charge is 0.494 e. The molecule has 1 aromatic heterocycles. The monoisotopic (exact) mass is 446 g/mol. The normalized spacial score (nSPS) is 18.5. The molecule has 3 aromatic rings. The highest BCUT2D eigenvalue weighted by molar-refractivity contribution is 6.00. The molecule has 3 heterocycles. The number of aryl methyl sites for hydroxylation is 1. The molecule has 1 atom stereocenters. The number of carbonyl (C=O) groups is 1. The van der Waals surface area contributed by atoms with Gasteiger partial charge in [0.2, 0.25) is 0 Å². The number of aromatic amines is 1. The van der Waals surface area contributed by atoms with Gasteiger partial charge in [-0.3, -0.25) is 14.8 Å². The second-order valence-electron chi connectivity index (χ2n) is 8.58. The van der Waals surface area contributed by atoms with E-state index in [1.54, 1.807) is 0 Å². The predicted octanol–water partition coefficient (Wildman–Crippen LogP) is 3.66. The fraction of sp³-hybridized carbons (Fsp3) is 0.385. The highest BCUT2D eigenvalue weighted by Crippen LogP contribution is 2.43. The third-order valence-electron chi connectivity index (χ3n) is 6.46. The summed E-state index contributed by atoms with van der Waals surface area (Å²) in [6, 6.07) is 16.2. The van der Waals surface area contributed by atoms with Gasteiger partial charge in [-0.15, -0.1) is 0 Å². The molecule has 2 aliphatic rings. The summed E-state index contributed by atoms with van der Waals surface area (Å²) in [5, 5.41) is 7.62. The Morgan fingerprint density at radius 1 is 1.06 bits per heavy atom. The summed E-state index contributed by atoms with van der Waals surface area (Å²) < 4.78 is 11.1. The van der Waals surface area contributed by atoms with Gasteiger partial charge >= 0.3 is 0 Å². The molecule has 0 radical (unpaired) electrons. The molecular weight excluding hydrogens is 416 g/mol. The Morgan fingerprint density at radius 2 is 1.79 bits per heavy atom. The molecule has 1 fully saturated rings. The average Bonchev–Trinajstić information content (AvgIpc) is 3.39. The number of amides is 1. The fourth-order valence-electron chi connectivity index (χ4n) is 4.69. The van der Waals surface area contributed by atoms with E-state index in [2.05, 4.69) is 58.4 Å². The molecule has 1 N–H and O–H groups in total. The molecule has 2 aromatic carbocycles. The maximum Gasteiger partial charge on any atom is 0.273 e. The number of nitrogens with one attached hydrogen (secondary N) is 1. The smallest absolute Gasteiger partial charge is 0.273 e. The van der Waals surface area contributed by atoms with Crippen LogP contribution in [0, 0.1) is 6.92 Å². The summed E-state index contributed by atoms with van der Waals surface area (Å²) in [6.45, 7) is 9.42. The second-order valence-corrected chi connectivity index (χ2v) is 8.58. The topological polar surface area (TPSA) is 70.7 Å². The molecule has 0 saturated carbocycles. The first-order valence-electron chi connectivity index (χ1n) is 11.6. The summed E-state index contributed by atoms with van der Waals surface area (Å²) in [7, 11) is 0. The van der Waals surface area contributed by atoms with Crippen LogP contribution in [0.3, 0.4) is 0 Å². The third-order valence-corrected chi connectivity index (χ3v) is 6.46. The molecule has 33 heavy (non-hydrogen) atoms. The van der Waals surface area contributed by atoms with E-state index >= 15 is 0 Å². The van der Waals surface area contributed by atoms with Gasteiger partial charge in [-0.05, 0) is 31.5 Å². The molecule has 172 valence electrons. The van der Waals surface area contributed by atoms with Crippen LogP contribution in [-0.2, 0) is 4.74 Å². The maximum atomic E-state index is 13.5. The number of morpholine rings is 1. The Kier molecular flexibility index (Phi) is 6.15. The number of aromatic nitrogens is 2. The zero-order chi connectivity index (χ0) is 22.8. The summed E-state index contributed by atoms with van der Waals surface area (Å²) in [4.78, 5) is 17.8. The first kappa shape index (κ1) is 21.7. The number of fused-ring (bicyclic) bond motifs is 1. The van der Waals surface area contributed by atoms with Crippen LogP contribution in [0.5, 0.6) is 5.75 Å². The van der Waals surface area contributed by atoms with Crippen LogP contribution >= 0.6 is 0 Å². The number of nitrogens with zero attached hydrogens (tertiary/aromatic N) is 3. The number of hydrogen-bond acceptors (Lipinski definition) is 5. The Balaban J connectivity index is 1.51. The molecule has 7 nitrogen and oxygen atoms in total. The summed E-state index contributed by atoms with van der Waals surface area (Å²) >= 11 is 0. The van der Waals surface area contributed by atoms with Crippen molar-refractivity contribution in [3.05, 3.63) is 70.9 Å². The van der Waals surface area contributed by atoms with Crippen molar-refractivity contribution in [3.63, 3.8) is 0 Å². The van der Waals surface area contributed by atoms with Crippen LogP contribution in [0.1, 0.15) is 40.1 Å². The van der Waals surface area contributed by atoms with Gasteiger partial charge in [0, 0.05) is 37.3 Å². The molecule has 1 amide bonds. The minimum absolute atomic E-state index is 0.00278. The molecular formula is C26H30N4O3. The van der Waals surface area contributed by atoms with Gasteiger partial charge < -0.3 is 14.4 Å². The average molecular weight is 447 g/mol. The van der Waals surface area contributed by atoms with Crippen molar-refractivity contribution in [2.75, 3.05) is 46.0 Å². The van der Waals surface area contributed by atoms with Crippen molar-refractivity contribution in [2.45, 2.75) is 19.9 Å². The Labute approximate surface area is 194 Å². The van der Waals surface area contributed by atoms with Crippen LogP contribution in [0.25, 0.3) is 11.3 Å². The lowest BCUT2D eigenvalue weighted by Crippen LogP contribution is -2.42. The van der Waals surface area contributed by atoms with Crippen molar-refractivity contribution < 1.29 is 14.3 Å². The number of H-pyrrole nitrogens is 1. The maximum absolute atomic E-state index is 13.5. The van der Waals surface area contributed by atoms with E-state index in [0.717, 1.165) is 61.0 Å². The number of rotatable bonds is 7. The molecule has 0 aliphatic carbocycles. The van der Waals surface area contributed by atoms with Crippen LogP contribution in [-0.4, -0.2) is 71.9 Å². The molecule has 1 unspecified atom stereocenters. The van der Waals surface area contributed by atoms with Gasteiger partial charge in [0.05, 0.1) is 31.6 Å². The minimum atomic E-state index is -0.195. The molecule has 0 spiro atoms. The summed E-state index contributed by atoms with van der Waals surface area (Å²) in [6.07, 6.45) is 0. The van der Waals surface area contributed by atoms with E-state index in [-0.39, 0.29) is 11.9 Å². The fourth-order valence-corrected chi connectivity index (χ4v) is 4.69. The number of carbonyl (C=O) groups excluding carboxylic acids is 1. The SMILES string of the molecule is CCOc1ccc(C2c3c(-c4ccc(C)cc4)n[nH]c3C(=O)N2CCN2CCOCC2)cc1. The zero-order valence-electron chi connectivity index (χ0n) is 19.2. The van der Waals surface area contributed by atoms with Gasteiger partial charge in [-0.2, -0.15) is 5.10 Å². The van der Waals surface area contributed by atoms with Gasteiger partial charge in [-0.1, -0.05) is 42.0 Å². The predicted molar refractivity (Wildman–Crippen MR) is 127 cm³/mol. The van der Waals surface area contributed by atoms with Crippen molar-refractivity contribution in [3.8, 4) is 17.0 Å². The van der Waals surface area contributed by atoms with Crippen molar-refractivity contribution in [2.24, 2.45) is 0 Å². The second kappa shape index (κ2) is 9.37. The lowest BCUT2D eigenvalue weighted by atomic mass is 9.95. The van der Waals surface area contributed by atoms with Crippen molar-refractivity contribution in [1.29, 1.82) is 0 Å². The van der Waals surface area contributed by atoms with Crippen LogP contribution in [0.2, 0.25) is 0 Å². The van der Waals surface area contributed by atoms with E-state index in [1.165, 1.54) is 5.56 Å². The Hall–Kier alpha value is -3.16. The number of benzene rings is 2. The van der Waals surface area contributed by atoms with Gasteiger partial charge in [0.1, 0.15) is 11.4 Å². The zero-order valence-corrected chi connectivity index (χ0v) is 19.2. The van der Waals surface area contributed by atoms with Crippen molar-refractivity contribution in [1.82, 2.24) is 20.0 Å². The standard InChI is InChI=1S/C26H30N4O3/c1-3-33-21-10-8-20(9-11-21)25-22-23(19-6-4-18(2)5-7-19)27-28-24(22)26(31)30(25)13-12-29-14-16-32-17-15-29/h4-11,25H,3,12-17H2,1-2H3,(H,27,28). The van der Waals surface area contributed by atoms with Crippen LogP contribution in [0.15, 0.2) is 48.5 Å². The Bertz CT molecular complexity index is 1100. The van der Waals surface area contributed by atoms with Crippen LogP contribution in [0.4, 0.5) is 0 Å². The van der Waals surface area contributed by atoms with Crippen molar-refractivity contribution >= 4 is 5.91 Å². The number of ether oxygens (including phenoxy) is 2. The third kappa shape index (κ3) is 4.26. The van der Waals surface area contributed by atoms with E-state index in [1.807, 2.05) is 24.0 Å². The number of hydrogen-bond donors (Lipinski definition) is 1. The van der Waals surface area contributed by atoms with Gasteiger partial charge in [-0.25, -0.2) is 0 Å². The van der Waals surface area contributed by atoms with E-state index in [4.69, 9.17) is 9.47 Å². The molecule has 1 saturated heterocycles. The molecule has 5 rings (SSSR count). The van der Waals surface area contributed by atoms with Gasteiger partial charge in [0.25, 0.3) is 5.91 Å². The molecule has 2 aliphatic heterocycles. The quantitative estimate of drug-likeness (QED) is 0.600. The lowest BCUT2D eigenvalue weighted by Gasteiger charge is -2.31. The Morgan fingerprint density at radius 3 is 2.48 bits per heavy atom. The van der Waals surface area contributed by atoms with Gasteiger partial charge in [0.15, 0.2) is 0 Å². The van der Waals surface area contributed by atoms with E-state index in [9.17, 15) is 4.79 Å². The molecule has 0 bridgehead atoms. The van der Waals surface area contributed by atoms with Crippen LogP contribution < -0.4 is 4.74 Å². The highest BCUT2D eigenvalue weighted by Gasteiger charge is 2.42. The first-order valence-corrected chi connectivity index (χ1v) is 11.6. The lowest BCUT2D eigenvalue weighted by molar-refractivity contribution is 0.0316. The first-order chi connectivity index (χ1) is 16.2. The summed E-state index contributed by atoms with van der Waals surface area (Å²) in [5.74, 6) is 0.833. The summed E-state index contributed by atoms with van der Waals surface area (Å²) in [5.41, 5.74) is 5.64. The minimum Gasteiger partial charge on any atom is -0.494 e. The van der Waals surface area contributed by atoms with E-state index in [0.29, 0.717) is 18.8 Å².